The second-order valence-electron chi connectivity index (χ2n) is 4.98. The van der Waals surface area contributed by atoms with Crippen LogP contribution in [0.5, 0.6) is 0 Å². The smallest absolute Gasteiger partial charge is 0.243 e. The molecule has 2 rings (SSSR count). The Labute approximate surface area is 126 Å². The summed E-state index contributed by atoms with van der Waals surface area (Å²) in [6.45, 7) is 3.45. The van der Waals surface area contributed by atoms with Gasteiger partial charge < -0.3 is 5.32 Å². The Bertz CT molecular complexity index is 685. The molecule has 1 heterocycles. The van der Waals surface area contributed by atoms with E-state index in [1.54, 1.807) is 18.2 Å². The molecule has 21 heavy (non-hydrogen) atoms. The lowest BCUT2D eigenvalue weighted by atomic mass is 10.2. The molecule has 1 aliphatic heterocycles. The third kappa shape index (κ3) is 4.03. The van der Waals surface area contributed by atoms with Crippen LogP contribution in [0.25, 0.3) is 0 Å². The SMILES string of the molecule is CCNCc1cccc(S(=O)(=O)N2CCS(=O)(=O)CC2)c1. The van der Waals surface area contributed by atoms with Crippen molar-refractivity contribution in [2.45, 2.75) is 18.4 Å². The quantitative estimate of drug-likeness (QED) is 0.834. The molecule has 1 saturated heterocycles. The van der Waals surface area contributed by atoms with Crippen LogP contribution >= 0.6 is 0 Å². The molecule has 0 bridgehead atoms. The van der Waals surface area contributed by atoms with Gasteiger partial charge in [-0.2, -0.15) is 4.31 Å². The Kier molecular flexibility index (Phi) is 5.03. The summed E-state index contributed by atoms with van der Waals surface area (Å²) in [6.07, 6.45) is 0. The van der Waals surface area contributed by atoms with Crippen molar-refractivity contribution in [2.24, 2.45) is 0 Å². The third-order valence-electron chi connectivity index (χ3n) is 3.42. The van der Waals surface area contributed by atoms with Gasteiger partial charge in [-0.15, -0.1) is 0 Å². The summed E-state index contributed by atoms with van der Waals surface area (Å²) < 4.78 is 49.1. The van der Waals surface area contributed by atoms with E-state index in [0.717, 1.165) is 12.1 Å². The summed E-state index contributed by atoms with van der Waals surface area (Å²) in [6, 6.07) is 6.76. The van der Waals surface area contributed by atoms with Crippen molar-refractivity contribution in [1.29, 1.82) is 0 Å². The minimum absolute atomic E-state index is 0.0299. The van der Waals surface area contributed by atoms with E-state index in [2.05, 4.69) is 5.32 Å². The Hall–Kier alpha value is -0.960. The van der Waals surface area contributed by atoms with E-state index in [1.165, 1.54) is 4.31 Å². The highest BCUT2D eigenvalue weighted by atomic mass is 32.2. The molecular formula is C13H20N2O4S2. The Balaban J connectivity index is 2.20. The molecule has 8 heteroatoms. The number of hydrogen-bond acceptors (Lipinski definition) is 5. The van der Waals surface area contributed by atoms with Gasteiger partial charge in [0.25, 0.3) is 0 Å². The molecule has 118 valence electrons. The van der Waals surface area contributed by atoms with Gasteiger partial charge in [-0.3, -0.25) is 0 Å². The van der Waals surface area contributed by atoms with Crippen LogP contribution in [-0.2, 0) is 26.4 Å². The van der Waals surface area contributed by atoms with E-state index in [4.69, 9.17) is 0 Å². The first-order chi connectivity index (χ1) is 9.85. The van der Waals surface area contributed by atoms with Crippen LogP contribution in [0, 0.1) is 0 Å². The molecule has 1 aromatic rings. The topological polar surface area (TPSA) is 83.6 Å². The lowest BCUT2D eigenvalue weighted by Crippen LogP contribution is -2.43. The molecule has 1 N–H and O–H groups in total. The molecule has 0 saturated carbocycles. The van der Waals surface area contributed by atoms with Crippen molar-refractivity contribution in [1.82, 2.24) is 9.62 Å². The van der Waals surface area contributed by atoms with Crippen molar-refractivity contribution < 1.29 is 16.8 Å². The zero-order valence-electron chi connectivity index (χ0n) is 11.9. The van der Waals surface area contributed by atoms with Gasteiger partial charge in [0, 0.05) is 19.6 Å². The molecule has 0 atom stereocenters. The van der Waals surface area contributed by atoms with Crippen LogP contribution in [0.4, 0.5) is 0 Å². The van der Waals surface area contributed by atoms with Crippen LogP contribution < -0.4 is 5.32 Å². The third-order valence-corrected chi connectivity index (χ3v) is 6.92. The maximum absolute atomic E-state index is 12.5. The summed E-state index contributed by atoms with van der Waals surface area (Å²) in [4.78, 5) is 0.220. The summed E-state index contributed by atoms with van der Waals surface area (Å²) >= 11 is 0. The number of sulfone groups is 1. The minimum Gasteiger partial charge on any atom is -0.313 e. The molecule has 0 unspecified atom stereocenters. The average molecular weight is 332 g/mol. The van der Waals surface area contributed by atoms with Crippen LogP contribution in [0.3, 0.4) is 0 Å². The van der Waals surface area contributed by atoms with Gasteiger partial charge in [0.15, 0.2) is 9.84 Å². The van der Waals surface area contributed by atoms with Gasteiger partial charge in [-0.1, -0.05) is 19.1 Å². The van der Waals surface area contributed by atoms with Gasteiger partial charge in [0.1, 0.15) is 0 Å². The predicted octanol–water partition coefficient (Wildman–Crippen LogP) is 0.215. The summed E-state index contributed by atoms with van der Waals surface area (Å²) in [5, 5.41) is 3.15. The molecule has 1 aliphatic rings. The molecule has 0 radical (unpaired) electrons. The highest BCUT2D eigenvalue weighted by Gasteiger charge is 2.31. The van der Waals surface area contributed by atoms with Gasteiger partial charge in [-0.25, -0.2) is 16.8 Å². The molecule has 1 aromatic carbocycles. The maximum Gasteiger partial charge on any atom is 0.243 e. The maximum atomic E-state index is 12.5. The minimum atomic E-state index is -3.62. The van der Waals surface area contributed by atoms with Crippen LogP contribution in [0.2, 0.25) is 0 Å². The Morgan fingerprint density at radius 2 is 1.90 bits per heavy atom. The molecule has 0 aromatic heterocycles. The number of nitrogens with zero attached hydrogens (tertiary/aromatic N) is 1. The summed E-state index contributed by atoms with van der Waals surface area (Å²) in [5.74, 6) is -0.216. The first-order valence-corrected chi connectivity index (χ1v) is 10.1. The van der Waals surface area contributed by atoms with Crippen molar-refractivity contribution >= 4 is 19.9 Å². The molecule has 6 nitrogen and oxygen atoms in total. The van der Waals surface area contributed by atoms with E-state index in [1.807, 2.05) is 13.0 Å². The lowest BCUT2D eigenvalue weighted by molar-refractivity contribution is 0.430. The second kappa shape index (κ2) is 6.43. The van der Waals surface area contributed by atoms with Crippen molar-refractivity contribution in [3.8, 4) is 0 Å². The lowest BCUT2D eigenvalue weighted by Gasteiger charge is -2.26. The predicted molar refractivity (Wildman–Crippen MR) is 81.2 cm³/mol. The number of rotatable bonds is 5. The number of hydrogen-bond donors (Lipinski definition) is 1. The van der Waals surface area contributed by atoms with Crippen molar-refractivity contribution in [2.75, 3.05) is 31.1 Å². The zero-order valence-corrected chi connectivity index (χ0v) is 13.6. The van der Waals surface area contributed by atoms with Gasteiger partial charge >= 0.3 is 0 Å². The van der Waals surface area contributed by atoms with E-state index in [9.17, 15) is 16.8 Å². The van der Waals surface area contributed by atoms with Gasteiger partial charge in [-0.05, 0) is 24.2 Å². The Morgan fingerprint density at radius 1 is 1.24 bits per heavy atom. The molecule has 0 amide bonds. The molecular weight excluding hydrogens is 312 g/mol. The molecule has 1 fully saturated rings. The highest BCUT2D eigenvalue weighted by Crippen LogP contribution is 2.19. The number of nitrogens with one attached hydrogen (secondary N) is 1. The Morgan fingerprint density at radius 3 is 2.52 bits per heavy atom. The fourth-order valence-corrected chi connectivity index (χ4v) is 5.11. The zero-order chi connectivity index (χ0) is 15.5. The summed E-state index contributed by atoms with van der Waals surface area (Å²) in [7, 11) is -6.71. The van der Waals surface area contributed by atoms with Gasteiger partial charge in [0.05, 0.1) is 16.4 Å². The van der Waals surface area contributed by atoms with Crippen LogP contribution in [0.15, 0.2) is 29.2 Å². The van der Waals surface area contributed by atoms with E-state index < -0.39 is 19.9 Å². The number of benzene rings is 1. The largest absolute Gasteiger partial charge is 0.313 e. The first-order valence-electron chi connectivity index (χ1n) is 6.85. The second-order valence-corrected chi connectivity index (χ2v) is 9.23. The molecule has 0 aliphatic carbocycles. The first kappa shape index (κ1) is 16.4. The summed E-state index contributed by atoms with van der Waals surface area (Å²) in [5.41, 5.74) is 0.891. The standard InChI is InChI=1S/C13H20N2O4S2/c1-2-14-11-12-4-3-5-13(10-12)21(18,19)15-6-8-20(16,17)9-7-15/h3-5,10,14H,2,6-9,11H2,1H3. The number of sulfonamides is 1. The van der Waals surface area contributed by atoms with Gasteiger partial charge in [0.2, 0.25) is 10.0 Å². The van der Waals surface area contributed by atoms with Crippen LogP contribution in [0.1, 0.15) is 12.5 Å². The monoisotopic (exact) mass is 332 g/mol. The average Bonchev–Trinajstić information content (AvgIpc) is 2.45. The van der Waals surface area contributed by atoms with E-state index in [0.29, 0.717) is 6.54 Å². The van der Waals surface area contributed by atoms with E-state index >= 15 is 0 Å². The van der Waals surface area contributed by atoms with Crippen molar-refractivity contribution in [3.63, 3.8) is 0 Å². The normalized spacial score (nSPS) is 19.5. The fraction of sp³-hybridized carbons (Fsp3) is 0.538. The van der Waals surface area contributed by atoms with Crippen LogP contribution in [-0.4, -0.2) is 52.3 Å². The van der Waals surface area contributed by atoms with Crippen molar-refractivity contribution in [3.05, 3.63) is 29.8 Å². The van der Waals surface area contributed by atoms with E-state index in [-0.39, 0.29) is 29.5 Å². The fourth-order valence-electron chi connectivity index (χ4n) is 2.17. The highest BCUT2D eigenvalue weighted by molar-refractivity contribution is 7.92. The molecule has 0 spiro atoms.